The Bertz CT molecular complexity index is 1090. The van der Waals surface area contributed by atoms with Crippen LogP contribution in [0.3, 0.4) is 0 Å². The maximum absolute atomic E-state index is 12.3. The van der Waals surface area contributed by atoms with Crippen LogP contribution in [0.25, 0.3) is 21.9 Å². The summed E-state index contributed by atoms with van der Waals surface area (Å²) in [7, 11) is 2.86. The molecular formula is C18H12Cl2O6. The zero-order valence-electron chi connectivity index (χ0n) is 13.6. The Morgan fingerprint density at radius 3 is 2.15 bits per heavy atom. The molecule has 0 amide bonds. The molecule has 0 spiro atoms. The molecule has 0 aliphatic heterocycles. The van der Waals surface area contributed by atoms with E-state index >= 15 is 0 Å². The Morgan fingerprint density at radius 1 is 1.00 bits per heavy atom. The summed E-state index contributed by atoms with van der Waals surface area (Å²) in [5.41, 5.74) is -0.188. The van der Waals surface area contributed by atoms with Crippen LogP contribution in [0.1, 0.15) is 10.6 Å². The average Bonchev–Trinajstić information content (AvgIpc) is 2.62. The zero-order chi connectivity index (χ0) is 19.0. The number of hydrogen-bond acceptors (Lipinski definition) is 5. The van der Waals surface area contributed by atoms with Crippen molar-refractivity contribution in [2.24, 2.45) is 0 Å². The van der Waals surface area contributed by atoms with E-state index in [1.54, 1.807) is 6.07 Å². The summed E-state index contributed by atoms with van der Waals surface area (Å²) in [6.07, 6.45) is 0. The summed E-state index contributed by atoms with van der Waals surface area (Å²) in [6, 6.07) is 7.58. The quantitative estimate of drug-likeness (QED) is 0.701. The number of benzene rings is 2. The molecule has 0 bridgehead atoms. The summed E-state index contributed by atoms with van der Waals surface area (Å²) in [6.45, 7) is 0. The minimum absolute atomic E-state index is 0.147. The zero-order valence-corrected chi connectivity index (χ0v) is 15.1. The fourth-order valence-electron chi connectivity index (χ4n) is 2.66. The second-order valence-corrected chi connectivity index (χ2v) is 6.09. The number of carbonyl (C=O) groups is 1. The number of fused-ring (bicyclic) bond motifs is 1. The highest BCUT2D eigenvalue weighted by Gasteiger charge is 2.23. The largest absolute Gasteiger partial charge is 0.493 e. The topological polar surface area (TPSA) is 86.0 Å². The first kappa shape index (κ1) is 18.1. The average molecular weight is 395 g/mol. The van der Waals surface area contributed by atoms with E-state index in [-0.39, 0.29) is 16.0 Å². The van der Waals surface area contributed by atoms with Gasteiger partial charge in [-0.15, -0.1) is 0 Å². The van der Waals surface area contributed by atoms with E-state index in [0.29, 0.717) is 27.5 Å². The lowest BCUT2D eigenvalue weighted by Crippen LogP contribution is -2.10. The van der Waals surface area contributed by atoms with Crippen LogP contribution in [0.2, 0.25) is 10.0 Å². The fraction of sp³-hybridized carbons (Fsp3) is 0.111. The van der Waals surface area contributed by atoms with Gasteiger partial charge in [0.05, 0.1) is 29.7 Å². The van der Waals surface area contributed by atoms with Crippen LogP contribution in [0, 0.1) is 0 Å². The van der Waals surface area contributed by atoms with E-state index in [0.717, 1.165) is 0 Å². The summed E-state index contributed by atoms with van der Waals surface area (Å²) in [5.74, 6) is -1.24. The molecule has 3 rings (SSSR count). The van der Waals surface area contributed by atoms with Gasteiger partial charge in [0.1, 0.15) is 0 Å². The molecule has 2 aromatic carbocycles. The van der Waals surface area contributed by atoms with Crippen molar-refractivity contribution in [3.63, 3.8) is 0 Å². The smallest absolute Gasteiger partial charge is 0.372 e. The van der Waals surface area contributed by atoms with Gasteiger partial charge in [0.2, 0.25) is 5.76 Å². The third-order valence-corrected chi connectivity index (χ3v) is 4.58. The minimum atomic E-state index is -1.39. The number of ether oxygens (including phenoxy) is 2. The molecule has 0 fully saturated rings. The molecule has 26 heavy (non-hydrogen) atoms. The van der Waals surface area contributed by atoms with Crippen molar-refractivity contribution in [3.8, 4) is 22.6 Å². The Hall–Kier alpha value is -2.70. The summed E-state index contributed by atoms with van der Waals surface area (Å²) in [5, 5.41) is 10.5. The Balaban J connectivity index is 2.50. The lowest BCUT2D eigenvalue weighted by molar-refractivity contribution is 0.0659. The molecule has 3 aromatic rings. The van der Waals surface area contributed by atoms with Crippen molar-refractivity contribution in [1.82, 2.24) is 0 Å². The van der Waals surface area contributed by atoms with Gasteiger partial charge in [0.25, 0.3) is 0 Å². The summed E-state index contributed by atoms with van der Waals surface area (Å²) >= 11 is 12.0. The second kappa shape index (κ2) is 6.90. The molecule has 0 saturated heterocycles. The van der Waals surface area contributed by atoms with Gasteiger partial charge in [-0.1, -0.05) is 29.3 Å². The highest BCUT2D eigenvalue weighted by Crippen LogP contribution is 2.39. The van der Waals surface area contributed by atoms with Crippen LogP contribution >= 0.6 is 23.2 Å². The molecule has 1 heterocycles. The van der Waals surface area contributed by atoms with Crippen LogP contribution in [0.4, 0.5) is 0 Å². The van der Waals surface area contributed by atoms with E-state index in [1.807, 2.05) is 0 Å². The first-order valence-electron chi connectivity index (χ1n) is 7.29. The van der Waals surface area contributed by atoms with Gasteiger partial charge in [-0.2, -0.15) is 0 Å². The van der Waals surface area contributed by atoms with E-state index in [4.69, 9.17) is 37.1 Å². The van der Waals surface area contributed by atoms with Gasteiger partial charge in [-0.05, 0) is 29.8 Å². The van der Waals surface area contributed by atoms with E-state index in [9.17, 15) is 14.7 Å². The van der Waals surface area contributed by atoms with Gasteiger partial charge < -0.3 is 19.0 Å². The monoisotopic (exact) mass is 394 g/mol. The third kappa shape index (κ3) is 2.98. The lowest BCUT2D eigenvalue weighted by Gasteiger charge is -2.13. The highest BCUT2D eigenvalue weighted by atomic mass is 35.5. The lowest BCUT2D eigenvalue weighted by atomic mass is 9.97. The predicted molar refractivity (Wildman–Crippen MR) is 98.0 cm³/mol. The SMILES string of the molecule is COc1cc2c(-c3ccc(Cl)c(Cl)c3)c(C(=O)O)oc(=O)c2cc1OC. The first-order valence-corrected chi connectivity index (χ1v) is 8.04. The number of hydrogen-bond donors (Lipinski definition) is 1. The minimum Gasteiger partial charge on any atom is -0.493 e. The maximum Gasteiger partial charge on any atom is 0.372 e. The molecule has 0 radical (unpaired) electrons. The second-order valence-electron chi connectivity index (χ2n) is 5.28. The molecule has 134 valence electrons. The van der Waals surface area contributed by atoms with Crippen LogP contribution in [-0.2, 0) is 0 Å². The van der Waals surface area contributed by atoms with Gasteiger partial charge in [-0.3, -0.25) is 0 Å². The van der Waals surface area contributed by atoms with Gasteiger partial charge in [0, 0.05) is 10.9 Å². The van der Waals surface area contributed by atoms with Crippen LogP contribution in [-0.4, -0.2) is 25.3 Å². The highest BCUT2D eigenvalue weighted by molar-refractivity contribution is 6.42. The van der Waals surface area contributed by atoms with Crippen LogP contribution in [0.15, 0.2) is 39.5 Å². The normalized spacial score (nSPS) is 10.8. The van der Waals surface area contributed by atoms with Crippen molar-refractivity contribution in [2.45, 2.75) is 0 Å². The predicted octanol–water partition coefficient (Wildman–Crippen LogP) is 4.48. The number of rotatable bonds is 4. The van der Waals surface area contributed by atoms with Crippen LogP contribution < -0.4 is 15.1 Å². The molecular weight excluding hydrogens is 383 g/mol. The van der Waals surface area contributed by atoms with Crippen molar-refractivity contribution in [3.05, 3.63) is 56.6 Å². The van der Waals surface area contributed by atoms with Crippen molar-refractivity contribution in [2.75, 3.05) is 14.2 Å². The summed E-state index contributed by atoms with van der Waals surface area (Å²) in [4.78, 5) is 24.0. The van der Waals surface area contributed by atoms with Crippen molar-refractivity contribution >= 4 is 39.9 Å². The molecule has 6 nitrogen and oxygen atoms in total. The van der Waals surface area contributed by atoms with E-state index in [2.05, 4.69) is 0 Å². The molecule has 1 aromatic heterocycles. The van der Waals surface area contributed by atoms with E-state index in [1.165, 1.54) is 38.5 Å². The fourth-order valence-corrected chi connectivity index (χ4v) is 2.96. The number of methoxy groups -OCH3 is 2. The number of carboxylic acid groups (broad SMARTS) is 1. The van der Waals surface area contributed by atoms with Crippen molar-refractivity contribution < 1.29 is 23.8 Å². The van der Waals surface area contributed by atoms with E-state index < -0.39 is 17.4 Å². The third-order valence-electron chi connectivity index (χ3n) is 3.84. The molecule has 8 heteroatoms. The van der Waals surface area contributed by atoms with Gasteiger partial charge in [0.15, 0.2) is 11.5 Å². The molecule has 0 atom stereocenters. The van der Waals surface area contributed by atoms with Gasteiger partial charge in [-0.25, -0.2) is 9.59 Å². The molecule has 0 aliphatic rings. The van der Waals surface area contributed by atoms with Crippen molar-refractivity contribution in [1.29, 1.82) is 0 Å². The Kier molecular flexibility index (Phi) is 4.80. The Morgan fingerprint density at radius 2 is 1.62 bits per heavy atom. The standard InChI is InChI=1S/C18H12Cl2O6/c1-24-13-6-9-10(7-14(13)25-2)18(23)26-16(17(21)22)15(9)8-3-4-11(19)12(20)5-8/h3-7H,1-2H3,(H,21,22). The Labute approximate surface area is 157 Å². The number of halogens is 2. The molecule has 0 saturated carbocycles. The maximum atomic E-state index is 12.3. The first-order chi connectivity index (χ1) is 12.4. The number of aromatic carboxylic acids is 1. The van der Waals surface area contributed by atoms with Gasteiger partial charge >= 0.3 is 11.6 Å². The summed E-state index contributed by atoms with van der Waals surface area (Å²) < 4.78 is 15.5. The molecule has 0 unspecified atom stereocenters. The molecule has 1 N–H and O–H groups in total. The number of carboxylic acids is 1. The molecule has 0 aliphatic carbocycles. The van der Waals surface area contributed by atoms with Crippen LogP contribution in [0.5, 0.6) is 11.5 Å².